The fourth-order valence-electron chi connectivity index (χ4n) is 3.47. The summed E-state index contributed by atoms with van der Waals surface area (Å²) in [5, 5.41) is 4.27. The van der Waals surface area contributed by atoms with Crippen LogP contribution in [0.5, 0.6) is 5.75 Å². The normalized spacial score (nSPS) is 17.6. The molecule has 0 bridgehead atoms. The van der Waals surface area contributed by atoms with Crippen LogP contribution in [-0.2, 0) is 10.0 Å². The molecular formula is C20H22N2O3S. The van der Waals surface area contributed by atoms with Crippen LogP contribution >= 0.6 is 0 Å². The maximum atomic E-state index is 12.9. The van der Waals surface area contributed by atoms with Crippen LogP contribution < -0.4 is 10.1 Å². The summed E-state index contributed by atoms with van der Waals surface area (Å²) in [6, 6.07) is 16.3. The summed E-state index contributed by atoms with van der Waals surface area (Å²) in [5.41, 5.74) is 0.630. The average molecular weight is 370 g/mol. The van der Waals surface area contributed by atoms with Gasteiger partial charge in [-0.1, -0.05) is 24.3 Å². The molecule has 1 aromatic heterocycles. The Balaban J connectivity index is 1.60. The van der Waals surface area contributed by atoms with Crippen molar-refractivity contribution in [3.05, 3.63) is 60.8 Å². The van der Waals surface area contributed by atoms with Crippen molar-refractivity contribution in [3.63, 3.8) is 0 Å². The lowest BCUT2D eigenvalue weighted by atomic mass is 10.2. The van der Waals surface area contributed by atoms with Crippen molar-refractivity contribution < 1.29 is 13.2 Å². The number of nitrogens with one attached hydrogen (secondary N) is 1. The zero-order chi connectivity index (χ0) is 18.0. The molecule has 0 radical (unpaired) electrons. The van der Waals surface area contributed by atoms with Crippen molar-refractivity contribution in [2.45, 2.75) is 30.2 Å². The number of nitrogens with zero attached hydrogens (tertiary/aromatic N) is 1. The highest BCUT2D eigenvalue weighted by Crippen LogP contribution is 2.29. The smallest absolute Gasteiger partial charge is 0.268 e. The molecule has 3 aromatic rings. The molecule has 1 aliphatic rings. The van der Waals surface area contributed by atoms with Gasteiger partial charge < -0.3 is 10.1 Å². The number of ether oxygens (including phenoxy) is 1. The molecule has 0 spiro atoms. The molecule has 0 amide bonds. The third-order valence-electron chi connectivity index (χ3n) is 4.84. The zero-order valence-corrected chi connectivity index (χ0v) is 15.3. The standard InChI is InChI=1S/C20H22N2O3S/c23-26(24,17-7-2-1-3-8-17)22-14-11-18-19(22)9-4-10-20(18)25-15-12-16-6-5-13-21-16/h1-4,7-11,14,16,21H,5-6,12-13,15H2/t16-/m1/s1. The Kier molecular flexibility index (Phi) is 4.70. The van der Waals surface area contributed by atoms with Crippen molar-refractivity contribution in [3.8, 4) is 5.75 Å². The lowest BCUT2D eigenvalue weighted by Gasteiger charge is -2.12. The molecule has 6 heteroatoms. The summed E-state index contributed by atoms with van der Waals surface area (Å²) in [7, 11) is -3.62. The Bertz CT molecular complexity index is 990. The van der Waals surface area contributed by atoms with E-state index in [0.29, 0.717) is 18.2 Å². The number of rotatable bonds is 6. The van der Waals surface area contributed by atoms with Crippen LogP contribution in [0.3, 0.4) is 0 Å². The SMILES string of the molecule is O=S(=O)(c1ccccc1)n1ccc2c(OCC[C@H]3CCCN3)cccc21. The predicted octanol–water partition coefficient (Wildman–Crippen LogP) is 3.40. The maximum absolute atomic E-state index is 12.9. The van der Waals surface area contributed by atoms with Crippen molar-refractivity contribution in [2.24, 2.45) is 0 Å². The second-order valence-electron chi connectivity index (χ2n) is 6.55. The lowest BCUT2D eigenvalue weighted by Crippen LogP contribution is -2.23. The van der Waals surface area contributed by atoms with Crippen molar-refractivity contribution >= 4 is 20.9 Å². The molecule has 4 rings (SSSR count). The van der Waals surface area contributed by atoms with E-state index in [1.165, 1.54) is 16.8 Å². The molecule has 0 unspecified atom stereocenters. The van der Waals surface area contributed by atoms with Gasteiger partial charge >= 0.3 is 0 Å². The molecule has 0 aliphatic carbocycles. The van der Waals surface area contributed by atoms with Gasteiger partial charge in [-0.25, -0.2) is 12.4 Å². The topological polar surface area (TPSA) is 60.3 Å². The van der Waals surface area contributed by atoms with E-state index in [1.807, 2.05) is 12.1 Å². The van der Waals surface area contributed by atoms with Gasteiger partial charge in [0.2, 0.25) is 0 Å². The molecule has 1 aliphatic heterocycles. The minimum atomic E-state index is -3.62. The molecule has 0 saturated carbocycles. The van der Waals surface area contributed by atoms with Crippen molar-refractivity contribution in [2.75, 3.05) is 13.2 Å². The fourth-order valence-corrected chi connectivity index (χ4v) is 4.84. The Morgan fingerprint density at radius 3 is 2.69 bits per heavy atom. The first kappa shape index (κ1) is 17.1. The summed E-state index contributed by atoms with van der Waals surface area (Å²) >= 11 is 0. The van der Waals surface area contributed by atoms with Gasteiger partial charge in [-0.15, -0.1) is 0 Å². The maximum Gasteiger partial charge on any atom is 0.268 e. The van der Waals surface area contributed by atoms with Crippen LogP contribution in [-0.4, -0.2) is 31.6 Å². The van der Waals surface area contributed by atoms with E-state index in [1.54, 1.807) is 48.7 Å². The summed E-state index contributed by atoms with van der Waals surface area (Å²) in [4.78, 5) is 0.274. The van der Waals surface area contributed by atoms with Crippen LogP contribution in [0.4, 0.5) is 0 Å². The van der Waals surface area contributed by atoms with Gasteiger partial charge in [0.25, 0.3) is 10.0 Å². The largest absolute Gasteiger partial charge is 0.493 e. The van der Waals surface area contributed by atoms with Gasteiger partial charge in [-0.05, 0) is 56.1 Å². The van der Waals surface area contributed by atoms with Crippen LogP contribution in [0.15, 0.2) is 65.7 Å². The van der Waals surface area contributed by atoms with Gasteiger partial charge in [0.05, 0.1) is 17.0 Å². The molecular weight excluding hydrogens is 348 g/mol. The number of hydrogen-bond acceptors (Lipinski definition) is 4. The van der Waals surface area contributed by atoms with Crippen LogP contribution in [0.2, 0.25) is 0 Å². The van der Waals surface area contributed by atoms with Gasteiger partial charge in [-0.2, -0.15) is 0 Å². The van der Waals surface area contributed by atoms with E-state index < -0.39 is 10.0 Å². The van der Waals surface area contributed by atoms with E-state index >= 15 is 0 Å². The molecule has 1 atom stereocenters. The second-order valence-corrected chi connectivity index (χ2v) is 8.36. The number of hydrogen-bond donors (Lipinski definition) is 1. The number of benzene rings is 2. The highest BCUT2D eigenvalue weighted by atomic mass is 32.2. The Labute approximate surface area is 153 Å². The Morgan fingerprint density at radius 1 is 1.08 bits per heavy atom. The highest BCUT2D eigenvalue weighted by molar-refractivity contribution is 7.90. The monoisotopic (exact) mass is 370 g/mol. The van der Waals surface area contributed by atoms with Crippen molar-refractivity contribution in [1.82, 2.24) is 9.29 Å². The summed E-state index contributed by atoms with van der Waals surface area (Å²) in [6.45, 7) is 1.70. The quantitative estimate of drug-likeness (QED) is 0.722. The molecule has 1 saturated heterocycles. The first-order valence-electron chi connectivity index (χ1n) is 8.93. The lowest BCUT2D eigenvalue weighted by molar-refractivity contribution is 0.295. The third kappa shape index (κ3) is 3.22. The molecule has 1 N–H and O–H groups in total. The fraction of sp³-hybridized carbons (Fsp3) is 0.300. The van der Waals surface area contributed by atoms with Gasteiger partial charge in [0, 0.05) is 17.6 Å². The average Bonchev–Trinajstić information content (AvgIpc) is 3.32. The summed E-state index contributed by atoms with van der Waals surface area (Å²) in [5.74, 6) is 0.725. The molecule has 1 fully saturated rings. The van der Waals surface area contributed by atoms with Gasteiger partial charge in [-0.3, -0.25) is 0 Å². The van der Waals surface area contributed by atoms with E-state index in [4.69, 9.17) is 4.74 Å². The minimum absolute atomic E-state index is 0.274. The summed E-state index contributed by atoms with van der Waals surface area (Å²) < 4.78 is 33.1. The van der Waals surface area contributed by atoms with Crippen molar-refractivity contribution in [1.29, 1.82) is 0 Å². The third-order valence-corrected chi connectivity index (χ3v) is 6.55. The van der Waals surface area contributed by atoms with Gasteiger partial charge in [0.15, 0.2) is 0 Å². The van der Waals surface area contributed by atoms with E-state index in [9.17, 15) is 8.42 Å². The van der Waals surface area contributed by atoms with Crippen LogP contribution in [0.25, 0.3) is 10.9 Å². The first-order valence-corrected chi connectivity index (χ1v) is 10.4. The minimum Gasteiger partial charge on any atom is -0.493 e. The Morgan fingerprint density at radius 2 is 1.92 bits per heavy atom. The molecule has 26 heavy (non-hydrogen) atoms. The molecule has 5 nitrogen and oxygen atoms in total. The predicted molar refractivity (Wildman–Crippen MR) is 102 cm³/mol. The van der Waals surface area contributed by atoms with E-state index in [2.05, 4.69) is 5.32 Å². The van der Waals surface area contributed by atoms with Gasteiger partial charge in [0.1, 0.15) is 5.75 Å². The second kappa shape index (κ2) is 7.13. The molecule has 2 aromatic carbocycles. The van der Waals surface area contributed by atoms with E-state index in [0.717, 1.165) is 24.1 Å². The molecule has 136 valence electrons. The molecule has 2 heterocycles. The summed E-state index contributed by atoms with van der Waals surface area (Å²) in [6.07, 6.45) is 4.97. The first-order chi connectivity index (χ1) is 12.7. The zero-order valence-electron chi connectivity index (χ0n) is 14.5. The Hall–Kier alpha value is -2.31. The van der Waals surface area contributed by atoms with E-state index in [-0.39, 0.29) is 4.90 Å². The number of fused-ring (bicyclic) bond motifs is 1. The van der Waals surface area contributed by atoms with Crippen LogP contribution in [0, 0.1) is 0 Å². The van der Waals surface area contributed by atoms with Crippen LogP contribution in [0.1, 0.15) is 19.3 Å². The number of aromatic nitrogens is 1. The highest BCUT2D eigenvalue weighted by Gasteiger charge is 2.20.